The quantitative estimate of drug-likeness (QED) is 0.800. The van der Waals surface area contributed by atoms with Crippen LogP contribution in [-0.2, 0) is 0 Å². The first-order chi connectivity index (χ1) is 11.5. The highest BCUT2D eigenvalue weighted by Crippen LogP contribution is 2.26. The fourth-order valence-corrected chi connectivity index (χ4v) is 2.48. The number of carbonyl (C=O) groups is 1. The number of furan rings is 1. The maximum Gasteiger partial charge on any atom is 0.261 e. The average molecular weight is 320 g/mol. The van der Waals surface area contributed by atoms with E-state index in [-0.39, 0.29) is 11.8 Å². The second kappa shape index (κ2) is 6.05. The largest absolute Gasteiger partial charge is 0.444 e. The average Bonchev–Trinajstić information content (AvgIpc) is 3.09. The van der Waals surface area contributed by atoms with Gasteiger partial charge in [0, 0.05) is 5.56 Å². The molecule has 6 heteroatoms. The summed E-state index contributed by atoms with van der Waals surface area (Å²) >= 11 is 0. The lowest BCUT2D eigenvalue weighted by Crippen LogP contribution is -2.13. The molecule has 2 aromatic heterocycles. The summed E-state index contributed by atoms with van der Waals surface area (Å²) < 4.78 is 7.17. The van der Waals surface area contributed by atoms with Crippen molar-refractivity contribution in [3.8, 4) is 11.8 Å². The molecule has 0 saturated heterocycles. The van der Waals surface area contributed by atoms with Crippen LogP contribution in [0.3, 0.4) is 0 Å². The molecule has 0 spiro atoms. The summed E-state index contributed by atoms with van der Waals surface area (Å²) in [7, 11) is 0. The molecule has 0 fully saturated rings. The summed E-state index contributed by atoms with van der Waals surface area (Å²) in [6, 6.07) is 11.6. The van der Waals surface area contributed by atoms with Crippen LogP contribution in [0.4, 0.5) is 5.88 Å². The van der Waals surface area contributed by atoms with Crippen LogP contribution in [0, 0.1) is 32.1 Å². The van der Waals surface area contributed by atoms with Gasteiger partial charge in [-0.3, -0.25) is 10.1 Å². The predicted octanol–water partition coefficient (Wildman–Crippen LogP) is 3.51. The maximum atomic E-state index is 12.5. The third-order valence-corrected chi connectivity index (χ3v) is 3.98. The number of amides is 1. The molecular formula is C18H16N4O2. The van der Waals surface area contributed by atoms with E-state index in [0.29, 0.717) is 22.6 Å². The van der Waals surface area contributed by atoms with E-state index in [0.717, 1.165) is 11.3 Å². The smallest absolute Gasteiger partial charge is 0.261 e. The topological polar surface area (TPSA) is 83.8 Å². The number of carbonyl (C=O) groups excluding carboxylic acids is 1. The van der Waals surface area contributed by atoms with Crippen molar-refractivity contribution in [2.45, 2.75) is 20.8 Å². The zero-order valence-electron chi connectivity index (χ0n) is 13.6. The van der Waals surface area contributed by atoms with Crippen molar-refractivity contribution >= 4 is 11.8 Å². The van der Waals surface area contributed by atoms with Gasteiger partial charge in [-0.2, -0.15) is 10.4 Å². The number of aromatic nitrogens is 2. The Balaban J connectivity index is 1.91. The Hall–Kier alpha value is -3.33. The molecule has 1 aromatic carbocycles. The summed E-state index contributed by atoms with van der Waals surface area (Å²) in [5, 5.41) is 16.2. The van der Waals surface area contributed by atoms with Gasteiger partial charge in [0.2, 0.25) is 5.88 Å². The highest BCUT2D eigenvalue weighted by Gasteiger charge is 2.20. The van der Waals surface area contributed by atoms with Crippen molar-refractivity contribution in [1.29, 1.82) is 5.26 Å². The molecule has 24 heavy (non-hydrogen) atoms. The Morgan fingerprint density at radius 3 is 2.62 bits per heavy atom. The zero-order valence-corrected chi connectivity index (χ0v) is 13.6. The first kappa shape index (κ1) is 15.6. The molecule has 0 unspecified atom stereocenters. The van der Waals surface area contributed by atoms with Crippen molar-refractivity contribution in [3.63, 3.8) is 0 Å². The van der Waals surface area contributed by atoms with Gasteiger partial charge in [-0.05, 0) is 32.9 Å². The Morgan fingerprint density at radius 2 is 1.96 bits per heavy atom. The van der Waals surface area contributed by atoms with Crippen LogP contribution < -0.4 is 5.32 Å². The van der Waals surface area contributed by atoms with E-state index in [1.54, 1.807) is 18.5 Å². The van der Waals surface area contributed by atoms with Gasteiger partial charge in [-0.1, -0.05) is 18.2 Å². The molecule has 0 aliphatic heterocycles. The molecule has 0 atom stereocenters. The molecule has 6 nitrogen and oxygen atoms in total. The van der Waals surface area contributed by atoms with Crippen LogP contribution in [0.25, 0.3) is 5.69 Å². The molecule has 0 saturated carbocycles. The van der Waals surface area contributed by atoms with E-state index in [4.69, 9.17) is 4.42 Å². The fourth-order valence-electron chi connectivity index (χ4n) is 2.48. The lowest BCUT2D eigenvalue weighted by atomic mass is 10.2. The number of anilines is 1. The summed E-state index contributed by atoms with van der Waals surface area (Å²) in [4.78, 5) is 12.5. The van der Waals surface area contributed by atoms with Crippen molar-refractivity contribution in [2.75, 3.05) is 5.32 Å². The molecule has 1 amide bonds. The van der Waals surface area contributed by atoms with Gasteiger partial charge in [0.15, 0.2) is 0 Å². The van der Waals surface area contributed by atoms with Crippen molar-refractivity contribution < 1.29 is 9.21 Å². The van der Waals surface area contributed by atoms with Gasteiger partial charge in [-0.25, -0.2) is 4.68 Å². The first-order valence-electron chi connectivity index (χ1n) is 7.44. The third kappa shape index (κ3) is 2.57. The number of benzene rings is 1. The van der Waals surface area contributed by atoms with Gasteiger partial charge in [-0.15, -0.1) is 0 Å². The van der Waals surface area contributed by atoms with E-state index < -0.39 is 0 Å². The van der Waals surface area contributed by atoms with Crippen LogP contribution >= 0.6 is 0 Å². The molecule has 0 bridgehead atoms. The third-order valence-electron chi connectivity index (χ3n) is 3.98. The molecular weight excluding hydrogens is 304 g/mol. The SMILES string of the molecule is Cc1oc(NC(=O)c2cnn(-c3ccccc3)c2C)c(C#N)c1C. The molecule has 2 heterocycles. The summed E-state index contributed by atoms with van der Waals surface area (Å²) in [6.07, 6.45) is 1.51. The lowest BCUT2D eigenvalue weighted by Gasteiger charge is -2.05. The molecule has 0 aliphatic carbocycles. The summed E-state index contributed by atoms with van der Waals surface area (Å²) in [5.41, 5.74) is 3.07. The summed E-state index contributed by atoms with van der Waals surface area (Å²) in [6.45, 7) is 5.36. The second-order valence-corrected chi connectivity index (χ2v) is 5.44. The number of nitriles is 1. The number of aryl methyl sites for hydroxylation is 1. The highest BCUT2D eigenvalue weighted by atomic mass is 16.4. The van der Waals surface area contributed by atoms with E-state index in [1.165, 1.54) is 6.20 Å². The van der Waals surface area contributed by atoms with Crippen molar-refractivity contribution in [2.24, 2.45) is 0 Å². The lowest BCUT2D eigenvalue weighted by molar-refractivity contribution is 0.102. The fraction of sp³-hybridized carbons (Fsp3) is 0.167. The number of rotatable bonds is 3. The Kier molecular flexibility index (Phi) is 3.92. The number of hydrogen-bond acceptors (Lipinski definition) is 4. The minimum Gasteiger partial charge on any atom is -0.444 e. The van der Waals surface area contributed by atoms with Crippen LogP contribution in [0.15, 0.2) is 40.9 Å². The molecule has 120 valence electrons. The minimum absolute atomic E-state index is 0.171. The summed E-state index contributed by atoms with van der Waals surface area (Å²) in [5.74, 6) is 0.419. The molecule has 3 rings (SSSR count). The minimum atomic E-state index is -0.361. The first-order valence-corrected chi connectivity index (χ1v) is 7.44. The molecule has 1 N–H and O–H groups in total. The van der Waals surface area contributed by atoms with E-state index in [1.807, 2.05) is 37.3 Å². The molecule has 3 aromatic rings. The van der Waals surface area contributed by atoms with Gasteiger partial charge < -0.3 is 4.42 Å². The number of nitrogens with one attached hydrogen (secondary N) is 1. The Morgan fingerprint density at radius 1 is 1.25 bits per heavy atom. The van der Waals surface area contributed by atoms with Crippen molar-refractivity contribution in [3.05, 3.63) is 64.7 Å². The number of nitrogens with zero attached hydrogens (tertiary/aromatic N) is 3. The van der Waals surface area contributed by atoms with Crippen LogP contribution in [0.1, 0.15) is 32.9 Å². The van der Waals surface area contributed by atoms with Crippen molar-refractivity contribution in [1.82, 2.24) is 9.78 Å². The van der Waals surface area contributed by atoms with E-state index >= 15 is 0 Å². The van der Waals surface area contributed by atoms with Gasteiger partial charge in [0.1, 0.15) is 17.4 Å². The highest BCUT2D eigenvalue weighted by molar-refractivity contribution is 6.05. The molecule has 0 aliphatic rings. The second-order valence-electron chi connectivity index (χ2n) is 5.44. The predicted molar refractivity (Wildman–Crippen MR) is 89.2 cm³/mol. The van der Waals surface area contributed by atoms with Gasteiger partial charge in [0.05, 0.1) is 23.1 Å². The van der Waals surface area contributed by atoms with E-state index in [2.05, 4.69) is 16.5 Å². The van der Waals surface area contributed by atoms with Crippen LogP contribution in [0.5, 0.6) is 0 Å². The van der Waals surface area contributed by atoms with Gasteiger partial charge in [0.25, 0.3) is 5.91 Å². The monoisotopic (exact) mass is 320 g/mol. The van der Waals surface area contributed by atoms with Crippen LogP contribution in [0.2, 0.25) is 0 Å². The van der Waals surface area contributed by atoms with Gasteiger partial charge >= 0.3 is 0 Å². The molecule has 0 radical (unpaired) electrons. The standard InChI is InChI=1S/C18H16N4O2/c1-11-13(3)24-18(15(11)9-19)21-17(23)16-10-20-22(12(16)2)14-7-5-4-6-8-14/h4-8,10H,1-3H3,(H,21,23). The maximum absolute atomic E-state index is 12.5. The Labute approximate surface area is 139 Å². The zero-order chi connectivity index (χ0) is 17.3. The van der Waals surface area contributed by atoms with Crippen LogP contribution in [-0.4, -0.2) is 15.7 Å². The number of hydrogen-bond donors (Lipinski definition) is 1. The normalized spacial score (nSPS) is 10.4. The number of para-hydroxylation sites is 1. The Bertz CT molecular complexity index is 946. The van der Waals surface area contributed by atoms with E-state index in [9.17, 15) is 10.1 Å².